The molecule has 2 aromatic carbocycles. The van der Waals surface area contributed by atoms with Crippen molar-refractivity contribution in [1.29, 1.82) is 0 Å². The Kier molecular flexibility index (Phi) is 6.50. The van der Waals surface area contributed by atoms with Crippen LogP contribution in [0, 0.1) is 0 Å². The normalized spacial score (nSPS) is 10.6. The van der Waals surface area contributed by atoms with Crippen molar-refractivity contribution in [2.24, 2.45) is 0 Å². The highest BCUT2D eigenvalue weighted by molar-refractivity contribution is 6.30. The van der Waals surface area contributed by atoms with Crippen LogP contribution in [0.15, 0.2) is 85.6 Å². The molecule has 1 amide bonds. The molecule has 0 unspecified atom stereocenters. The summed E-state index contributed by atoms with van der Waals surface area (Å²) >= 11 is 6.10. The van der Waals surface area contributed by atoms with E-state index in [1.54, 1.807) is 6.08 Å². The molecule has 0 radical (unpaired) electrons. The highest BCUT2D eigenvalue weighted by Crippen LogP contribution is 2.15. The molecule has 0 aliphatic rings. The lowest BCUT2D eigenvalue weighted by atomic mass is 10.1. The van der Waals surface area contributed by atoms with E-state index in [2.05, 4.69) is 23.3 Å². The zero-order chi connectivity index (χ0) is 19.1. The summed E-state index contributed by atoms with van der Waals surface area (Å²) in [7, 11) is 0. The summed E-state index contributed by atoms with van der Waals surface area (Å²) < 4.78 is 2.15. The first-order valence-corrected chi connectivity index (χ1v) is 9.34. The Morgan fingerprint density at radius 3 is 2.56 bits per heavy atom. The predicted molar refractivity (Wildman–Crippen MR) is 111 cm³/mol. The lowest BCUT2D eigenvalue weighted by Crippen LogP contribution is -2.32. The van der Waals surface area contributed by atoms with Crippen molar-refractivity contribution < 1.29 is 4.79 Å². The van der Waals surface area contributed by atoms with Crippen LogP contribution >= 0.6 is 11.6 Å². The molecule has 0 fully saturated rings. The van der Waals surface area contributed by atoms with E-state index in [-0.39, 0.29) is 5.91 Å². The van der Waals surface area contributed by atoms with Gasteiger partial charge in [-0.25, -0.2) is 0 Å². The molecule has 1 heterocycles. The molecule has 3 aromatic rings. The molecule has 4 heteroatoms. The van der Waals surface area contributed by atoms with Crippen LogP contribution in [0.25, 0.3) is 0 Å². The Hall–Kier alpha value is -2.78. The Bertz CT molecular complexity index is 902. The van der Waals surface area contributed by atoms with Gasteiger partial charge in [0.1, 0.15) is 0 Å². The Labute approximate surface area is 165 Å². The van der Waals surface area contributed by atoms with E-state index in [4.69, 9.17) is 11.6 Å². The molecule has 27 heavy (non-hydrogen) atoms. The van der Waals surface area contributed by atoms with Gasteiger partial charge >= 0.3 is 0 Å². The number of carbonyl (C=O) groups is 1. The van der Waals surface area contributed by atoms with Gasteiger partial charge in [-0.15, -0.1) is 6.58 Å². The van der Waals surface area contributed by atoms with E-state index in [0.717, 1.165) is 28.4 Å². The Balaban J connectivity index is 1.72. The van der Waals surface area contributed by atoms with Gasteiger partial charge in [-0.2, -0.15) is 0 Å². The summed E-state index contributed by atoms with van der Waals surface area (Å²) in [5.41, 5.74) is 3.23. The van der Waals surface area contributed by atoms with Crippen molar-refractivity contribution in [2.45, 2.75) is 19.5 Å². The largest absolute Gasteiger partial charge is 0.345 e. The molecule has 0 bridgehead atoms. The van der Waals surface area contributed by atoms with Crippen molar-refractivity contribution in [3.8, 4) is 0 Å². The van der Waals surface area contributed by atoms with Crippen molar-refractivity contribution in [1.82, 2.24) is 9.47 Å². The lowest BCUT2D eigenvalue weighted by Gasteiger charge is -2.22. The van der Waals surface area contributed by atoms with E-state index in [9.17, 15) is 4.79 Å². The van der Waals surface area contributed by atoms with Gasteiger partial charge in [0.25, 0.3) is 0 Å². The lowest BCUT2D eigenvalue weighted by molar-refractivity contribution is -0.130. The average molecular weight is 379 g/mol. The van der Waals surface area contributed by atoms with Crippen LogP contribution in [-0.4, -0.2) is 21.9 Å². The molecule has 0 aliphatic heterocycles. The number of hydrogen-bond acceptors (Lipinski definition) is 1. The predicted octanol–water partition coefficient (Wildman–Crippen LogP) is 4.95. The minimum absolute atomic E-state index is 0.0941. The fourth-order valence-corrected chi connectivity index (χ4v) is 3.28. The van der Waals surface area contributed by atoms with Crippen LogP contribution < -0.4 is 0 Å². The maximum absolute atomic E-state index is 12.8. The summed E-state index contributed by atoms with van der Waals surface area (Å²) in [5, 5.41) is 0.729. The molecule has 0 spiro atoms. The second-order valence-corrected chi connectivity index (χ2v) is 6.92. The number of benzene rings is 2. The molecule has 0 N–H and O–H groups in total. The second-order valence-electron chi connectivity index (χ2n) is 6.48. The van der Waals surface area contributed by atoms with Gasteiger partial charge in [-0.05, 0) is 35.4 Å². The van der Waals surface area contributed by atoms with Gasteiger partial charge < -0.3 is 9.47 Å². The van der Waals surface area contributed by atoms with Crippen molar-refractivity contribution in [2.75, 3.05) is 6.54 Å². The van der Waals surface area contributed by atoms with Crippen LogP contribution in [0.3, 0.4) is 0 Å². The number of nitrogens with zero attached hydrogens (tertiary/aromatic N) is 2. The molecule has 0 saturated heterocycles. The van der Waals surface area contributed by atoms with Gasteiger partial charge in [0, 0.05) is 30.0 Å². The van der Waals surface area contributed by atoms with E-state index in [1.807, 2.05) is 65.7 Å². The average Bonchev–Trinajstić information content (AvgIpc) is 3.09. The monoisotopic (exact) mass is 378 g/mol. The zero-order valence-corrected chi connectivity index (χ0v) is 16.0. The summed E-state index contributed by atoms with van der Waals surface area (Å²) in [6.45, 7) is 5.59. The number of aromatic nitrogens is 1. The van der Waals surface area contributed by atoms with Crippen LogP contribution in [0.4, 0.5) is 0 Å². The Morgan fingerprint density at radius 2 is 1.81 bits per heavy atom. The third kappa shape index (κ3) is 5.35. The highest BCUT2D eigenvalue weighted by Gasteiger charge is 2.15. The standard InChI is InChI=1S/C23H23ClN2O/c1-2-13-26(23(27)16-19-8-4-3-5-9-19)18-22-12-7-14-25(22)17-20-10-6-11-21(24)15-20/h2-12,14-15H,1,13,16-18H2. The van der Waals surface area contributed by atoms with Crippen molar-refractivity contribution in [3.05, 3.63) is 107 Å². The third-order valence-corrected chi connectivity index (χ3v) is 4.65. The van der Waals surface area contributed by atoms with Crippen LogP contribution in [0.5, 0.6) is 0 Å². The summed E-state index contributed by atoms with van der Waals surface area (Å²) in [6.07, 6.45) is 4.20. The molecule has 3 rings (SSSR count). The quantitative estimate of drug-likeness (QED) is 0.509. The van der Waals surface area contributed by atoms with E-state index < -0.39 is 0 Å². The number of carbonyl (C=O) groups excluding carboxylic acids is 1. The van der Waals surface area contributed by atoms with Crippen LogP contribution in [0.2, 0.25) is 5.02 Å². The second kappa shape index (κ2) is 9.24. The topological polar surface area (TPSA) is 25.2 Å². The van der Waals surface area contributed by atoms with Gasteiger partial charge in [-0.3, -0.25) is 4.79 Å². The molecule has 0 atom stereocenters. The van der Waals surface area contributed by atoms with Crippen LogP contribution in [0.1, 0.15) is 16.8 Å². The molecule has 0 aliphatic carbocycles. The first-order chi connectivity index (χ1) is 13.2. The number of hydrogen-bond donors (Lipinski definition) is 0. The molecule has 0 saturated carbocycles. The van der Waals surface area contributed by atoms with E-state index in [1.165, 1.54) is 0 Å². The van der Waals surface area contributed by atoms with Gasteiger partial charge in [0.05, 0.1) is 13.0 Å². The maximum Gasteiger partial charge on any atom is 0.227 e. The van der Waals surface area contributed by atoms with Crippen LogP contribution in [-0.2, 0) is 24.3 Å². The zero-order valence-electron chi connectivity index (χ0n) is 15.2. The molecule has 1 aromatic heterocycles. The third-order valence-electron chi connectivity index (χ3n) is 4.42. The number of halogens is 1. The Morgan fingerprint density at radius 1 is 1.04 bits per heavy atom. The van der Waals surface area contributed by atoms with Gasteiger partial charge in [0.2, 0.25) is 5.91 Å². The highest BCUT2D eigenvalue weighted by atomic mass is 35.5. The minimum Gasteiger partial charge on any atom is -0.345 e. The first kappa shape index (κ1) is 19.0. The van der Waals surface area contributed by atoms with E-state index in [0.29, 0.717) is 19.5 Å². The first-order valence-electron chi connectivity index (χ1n) is 8.97. The summed E-state index contributed by atoms with van der Waals surface area (Å²) in [5.74, 6) is 0.0941. The molecular formula is C23H23ClN2O. The number of rotatable bonds is 8. The fourth-order valence-electron chi connectivity index (χ4n) is 3.07. The molecular weight excluding hydrogens is 356 g/mol. The summed E-state index contributed by atoms with van der Waals surface area (Å²) in [6, 6.07) is 21.7. The van der Waals surface area contributed by atoms with Gasteiger partial charge in [-0.1, -0.05) is 60.1 Å². The van der Waals surface area contributed by atoms with Crippen molar-refractivity contribution in [3.63, 3.8) is 0 Å². The van der Waals surface area contributed by atoms with Gasteiger partial charge in [0.15, 0.2) is 0 Å². The smallest absolute Gasteiger partial charge is 0.227 e. The molecule has 3 nitrogen and oxygen atoms in total. The SMILES string of the molecule is C=CCN(Cc1cccn1Cc1cccc(Cl)c1)C(=O)Cc1ccccc1. The number of amides is 1. The summed E-state index contributed by atoms with van der Waals surface area (Å²) in [4.78, 5) is 14.6. The fraction of sp³-hybridized carbons (Fsp3) is 0.174. The molecule has 138 valence electrons. The minimum atomic E-state index is 0.0941. The van der Waals surface area contributed by atoms with Crippen molar-refractivity contribution >= 4 is 17.5 Å². The van der Waals surface area contributed by atoms with E-state index >= 15 is 0 Å². The maximum atomic E-state index is 12.8.